The summed E-state index contributed by atoms with van der Waals surface area (Å²) in [5.41, 5.74) is 7.16. The normalized spacial score (nSPS) is 22.3. The molecule has 0 saturated carbocycles. The molecule has 1 unspecified atom stereocenters. The molecule has 1 fully saturated rings. The highest BCUT2D eigenvalue weighted by Crippen LogP contribution is 2.52. The molecule has 214 valence electrons. The van der Waals surface area contributed by atoms with Crippen LogP contribution in [0.25, 0.3) is 0 Å². The Morgan fingerprint density at radius 3 is 2.46 bits per heavy atom. The summed E-state index contributed by atoms with van der Waals surface area (Å²) in [6.45, 7) is -0.252. The van der Waals surface area contributed by atoms with Crippen LogP contribution in [0.2, 0.25) is 0 Å². The molecule has 3 N–H and O–H groups in total. The fraction of sp³-hybridized carbons (Fsp3) is 0.241. The molecule has 0 bridgehead atoms. The van der Waals surface area contributed by atoms with Crippen LogP contribution < -0.4 is 10.5 Å². The number of methoxy groups -OCH3 is 1. The van der Waals surface area contributed by atoms with E-state index in [1.165, 1.54) is 43.8 Å². The number of nitrogens with two attached hydrogens (primary N) is 1. The van der Waals surface area contributed by atoms with Gasteiger partial charge in [0.25, 0.3) is 0 Å². The second-order valence-electron chi connectivity index (χ2n) is 9.88. The standard InChI is InChI=1S/C29H27F3N4O4S/c1-40-24-6-8-34-27(14-24)28(37)29-15-18(16-33)26(35-23-4-2-20(30)3-5-23)10-19(29)7-9-36(17-29)41(38,39)25-12-21(31)11-22(32)13-25/h2-6,8,10-14,16,28,37H,7,9,15,17,33H2,1H3/b18-16-,35-26?/t28?,29-/m0/s1. The minimum absolute atomic E-state index is 0.0161. The zero-order valence-corrected chi connectivity index (χ0v) is 22.8. The highest BCUT2D eigenvalue weighted by molar-refractivity contribution is 7.89. The van der Waals surface area contributed by atoms with E-state index < -0.39 is 43.9 Å². The minimum Gasteiger partial charge on any atom is -0.497 e. The number of piperidine rings is 1. The molecule has 1 aliphatic carbocycles. The van der Waals surface area contributed by atoms with Gasteiger partial charge >= 0.3 is 0 Å². The van der Waals surface area contributed by atoms with Gasteiger partial charge in [-0.3, -0.25) is 4.98 Å². The van der Waals surface area contributed by atoms with Crippen LogP contribution in [0.3, 0.4) is 0 Å². The third-order valence-corrected chi connectivity index (χ3v) is 9.24. The Balaban J connectivity index is 1.63. The highest BCUT2D eigenvalue weighted by Gasteiger charge is 2.51. The number of aliphatic imine (C=N–C) groups is 1. The summed E-state index contributed by atoms with van der Waals surface area (Å²) in [7, 11) is -2.89. The second-order valence-corrected chi connectivity index (χ2v) is 11.8. The minimum atomic E-state index is -4.36. The van der Waals surface area contributed by atoms with Gasteiger partial charge in [-0.05, 0) is 73.2 Å². The third kappa shape index (κ3) is 5.50. The number of benzene rings is 2. The van der Waals surface area contributed by atoms with E-state index in [0.717, 1.165) is 16.4 Å². The van der Waals surface area contributed by atoms with E-state index in [2.05, 4.69) is 9.98 Å². The van der Waals surface area contributed by atoms with E-state index in [9.17, 15) is 26.7 Å². The van der Waals surface area contributed by atoms with E-state index in [-0.39, 0.29) is 31.6 Å². The maximum absolute atomic E-state index is 14.0. The van der Waals surface area contributed by atoms with Gasteiger partial charge in [0.05, 0.1) is 29.1 Å². The van der Waals surface area contributed by atoms with Crippen molar-refractivity contribution in [3.8, 4) is 5.75 Å². The number of rotatable bonds is 6. The van der Waals surface area contributed by atoms with Crippen molar-refractivity contribution in [3.63, 3.8) is 0 Å². The smallest absolute Gasteiger partial charge is 0.243 e. The molecule has 12 heteroatoms. The Hall–Kier alpha value is -4.00. The number of aliphatic hydroxyl groups is 1. The van der Waals surface area contributed by atoms with Gasteiger partial charge < -0.3 is 15.6 Å². The largest absolute Gasteiger partial charge is 0.497 e. The van der Waals surface area contributed by atoms with Crippen LogP contribution in [0, 0.1) is 22.9 Å². The van der Waals surface area contributed by atoms with Crippen LogP contribution >= 0.6 is 0 Å². The van der Waals surface area contributed by atoms with Gasteiger partial charge in [0.2, 0.25) is 10.0 Å². The summed E-state index contributed by atoms with van der Waals surface area (Å²) < 4.78 is 75.1. The first-order chi connectivity index (χ1) is 19.6. The molecule has 8 nitrogen and oxygen atoms in total. The molecule has 0 amide bonds. The Labute approximate surface area is 235 Å². The van der Waals surface area contributed by atoms with Crippen molar-refractivity contribution in [3.05, 3.63) is 107 Å². The lowest BCUT2D eigenvalue weighted by atomic mass is 9.63. The van der Waals surface area contributed by atoms with Crippen molar-refractivity contribution in [2.45, 2.75) is 23.8 Å². The predicted molar refractivity (Wildman–Crippen MR) is 146 cm³/mol. The van der Waals surface area contributed by atoms with Crippen LogP contribution in [0.15, 0.2) is 94.1 Å². The molecular weight excluding hydrogens is 557 g/mol. The molecule has 1 aromatic heterocycles. The van der Waals surface area contributed by atoms with Crippen molar-refractivity contribution in [1.82, 2.24) is 9.29 Å². The Kier molecular flexibility index (Phi) is 7.73. The van der Waals surface area contributed by atoms with Crippen LogP contribution in [0.4, 0.5) is 18.9 Å². The summed E-state index contributed by atoms with van der Waals surface area (Å²) in [5.74, 6) is -2.02. The van der Waals surface area contributed by atoms with Crippen molar-refractivity contribution in [2.24, 2.45) is 16.1 Å². The van der Waals surface area contributed by atoms with Crippen LogP contribution in [0.1, 0.15) is 24.6 Å². The molecule has 1 saturated heterocycles. The Morgan fingerprint density at radius 1 is 1.10 bits per heavy atom. The highest BCUT2D eigenvalue weighted by atomic mass is 32.2. The molecule has 0 radical (unpaired) electrons. The fourth-order valence-electron chi connectivity index (χ4n) is 5.34. The van der Waals surface area contributed by atoms with Gasteiger partial charge in [-0.2, -0.15) is 4.31 Å². The lowest BCUT2D eigenvalue weighted by Crippen LogP contribution is -2.52. The first-order valence-corrected chi connectivity index (χ1v) is 14.1. The second kappa shape index (κ2) is 11.1. The number of halogens is 3. The summed E-state index contributed by atoms with van der Waals surface area (Å²) in [4.78, 5) is 8.41. The number of hydrogen-bond donors (Lipinski definition) is 2. The SMILES string of the molecule is COc1ccnc(C(O)[C@]23C/C(=C/N)C(=Nc4ccc(F)cc4)C=C2CCN(S(=O)(=O)c2cc(F)cc(F)c2)C3)c1. The van der Waals surface area contributed by atoms with Crippen LogP contribution in [0.5, 0.6) is 5.75 Å². The zero-order valence-electron chi connectivity index (χ0n) is 22.0. The number of aliphatic hydroxyl groups excluding tert-OH is 1. The summed E-state index contributed by atoms with van der Waals surface area (Å²) >= 11 is 0. The molecule has 2 aliphatic rings. The molecule has 5 rings (SSSR count). The van der Waals surface area contributed by atoms with E-state index in [1.54, 1.807) is 18.2 Å². The maximum atomic E-state index is 14.0. The lowest BCUT2D eigenvalue weighted by molar-refractivity contribution is 0.0188. The number of aromatic nitrogens is 1. The fourth-order valence-corrected chi connectivity index (χ4v) is 6.90. The maximum Gasteiger partial charge on any atom is 0.243 e. The molecular formula is C29H27F3N4O4S. The van der Waals surface area contributed by atoms with Crippen LogP contribution in [-0.4, -0.2) is 48.7 Å². The number of pyridine rings is 1. The average Bonchev–Trinajstić information content (AvgIpc) is 2.96. The topological polar surface area (TPSA) is 118 Å². The molecule has 3 aromatic rings. The van der Waals surface area contributed by atoms with E-state index in [0.29, 0.717) is 34.4 Å². The number of ether oxygens (including phenoxy) is 1. The molecule has 2 heterocycles. The molecule has 0 spiro atoms. The van der Waals surface area contributed by atoms with Gasteiger partial charge in [-0.25, -0.2) is 26.6 Å². The average molecular weight is 585 g/mol. The monoisotopic (exact) mass is 584 g/mol. The lowest BCUT2D eigenvalue weighted by Gasteiger charge is -2.49. The van der Waals surface area contributed by atoms with E-state index in [4.69, 9.17) is 10.5 Å². The predicted octanol–water partition coefficient (Wildman–Crippen LogP) is 4.57. The van der Waals surface area contributed by atoms with Crippen LogP contribution in [-0.2, 0) is 10.0 Å². The zero-order chi connectivity index (χ0) is 29.4. The quantitative estimate of drug-likeness (QED) is 0.439. The molecule has 1 aliphatic heterocycles. The Bertz CT molecular complexity index is 1660. The van der Waals surface area contributed by atoms with Gasteiger partial charge in [0.15, 0.2) is 0 Å². The van der Waals surface area contributed by atoms with Gasteiger partial charge in [-0.15, -0.1) is 0 Å². The number of fused-ring (bicyclic) bond motifs is 1. The molecule has 2 aromatic carbocycles. The van der Waals surface area contributed by atoms with Gasteiger partial charge in [-0.1, -0.05) is 5.57 Å². The molecule has 2 atom stereocenters. The summed E-state index contributed by atoms with van der Waals surface area (Å²) in [6.07, 6.45) is 3.47. The number of sulfonamides is 1. The first kappa shape index (κ1) is 28.5. The summed E-state index contributed by atoms with van der Waals surface area (Å²) in [6, 6.07) is 10.9. The number of allylic oxidation sites excluding steroid dienone is 2. The number of hydrogen-bond acceptors (Lipinski definition) is 7. The van der Waals surface area contributed by atoms with Crippen molar-refractivity contribution < 1.29 is 31.4 Å². The molecule has 41 heavy (non-hydrogen) atoms. The van der Waals surface area contributed by atoms with E-state index in [1.807, 2.05) is 0 Å². The number of nitrogens with zero attached hydrogens (tertiary/aromatic N) is 3. The third-order valence-electron chi connectivity index (χ3n) is 7.42. The Morgan fingerprint density at radius 2 is 1.80 bits per heavy atom. The van der Waals surface area contributed by atoms with Gasteiger partial charge in [0, 0.05) is 36.8 Å². The first-order valence-electron chi connectivity index (χ1n) is 12.7. The van der Waals surface area contributed by atoms with Crippen molar-refractivity contribution >= 4 is 21.4 Å². The van der Waals surface area contributed by atoms with Crippen molar-refractivity contribution in [1.29, 1.82) is 0 Å². The van der Waals surface area contributed by atoms with E-state index >= 15 is 0 Å². The van der Waals surface area contributed by atoms with Crippen molar-refractivity contribution in [2.75, 3.05) is 20.2 Å². The van der Waals surface area contributed by atoms with Gasteiger partial charge in [0.1, 0.15) is 29.3 Å². The summed E-state index contributed by atoms with van der Waals surface area (Å²) in [5, 5.41) is 11.9.